The number of primary amides is 1. The van der Waals surface area contributed by atoms with E-state index in [9.17, 15) is 14.0 Å². The fourth-order valence-corrected chi connectivity index (χ4v) is 2.32. The van der Waals surface area contributed by atoms with Crippen LogP contribution in [0.5, 0.6) is 5.75 Å². The summed E-state index contributed by atoms with van der Waals surface area (Å²) >= 11 is 0. The van der Waals surface area contributed by atoms with E-state index in [1.54, 1.807) is 19.1 Å². The number of nitrogens with zero attached hydrogens (tertiary/aromatic N) is 2. The maximum Gasteiger partial charge on any atom is 0.344 e. The van der Waals surface area contributed by atoms with Crippen molar-refractivity contribution >= 4 is 11.9 Å². The van der Waals surface area contributed by atoms with Crippen molar-refractivity contribution in [3.05, 3.63) is 65.8 Å². The van der Waals surface area contributed by atoms with Gasteiger partial charge in [0.25, 0.3) is 11.8 Å². The highest BCUT2D eigenvalue weighted by atomic mass is 19.1. The molecule has 144 valence electrons. The molecular weight excluding hydrogens is 369 g/mol. The second-order valence-electron chi connectivity index (χ2n) is 5.73. The molecule has 0 unspecified atom stereocenters. The summed E-state index contributed by atoms with van der Waals surface area (Å²) in [7, 11) is 0. The van der Waals surface area contributed by atoms with Crippen molar-refractivity contribution in [2.45, 2.75) is 13.0 Å². The summed E-state index contributed by atoms with van der Waals surface area (Å²) in [6.45, 7) is 1.12. The van der Waals surface area contributed by atoms with Crippen molar-refractivity contribution in [3.63, 3.8) is 0 Å². The molecule has 0 spiro atoms. The first-order chi connectivity index (χ1) is 13.4. The lowest BCUT2D eigenvalue weighted by Gasteiger charge is -2.11. The fourth-order valence-electron chi connectivity index (χ4n) is 2.32. The van der Waals surface area contributed by atoms with Crippen LogP contribution in [-0.4, -0.2) is 28.7 Å². The van der Waals surface area contributed by atoms with Gasteiger partial charge in [-0.05, 0) is 43.3 Å². The lowest BCUT2D eigenvalue weighted by Crippen LogP contribution is -2.19. The second-order valence-corrected chi connectivity index (χ2v) is 5.73. The van der Waals surface area contributed by atoms with Crippen molar-refractivity contribution < 1.29 is 27.9 Å². The molecule has 2 N–H and O–H groups in total. The average Bonchev–Trinajstić information content (AvgIpc) is 3.17. The summed E-state index contributed by atoms with van der Waals surface area (Å²) in [6, 6.07) is 11.8. The van der Waals surface area contributed by atoms with Gasteiger partial charge in [-0.3, -0.25) is 4.79 Å². The number of hydrogen-bond acceptors (Lipinski definition) is 7. The monoisotopic (exact) mass is 385 g/mol. The molecule has 0 aliphatic rings. The highest BCUT2D eigenvalue weighted by Gasteiger charge is 2.20. The topological polar surface area (TPSA) is 118 Å². The summed E-state index contributed by atoms with van der Waals surface area (Å²) in [5.41, 5.74) is 5.94. The van der Waals surface area contributed by atoms with E-state index < -0.39 is 24.6 Å². The first kappa shape index (κ1) is 19.0. The van der Waals surface area contributed by atoms with Gasteiger partial charge in [0.05, 0.1) is 5.56 Å². The van der Waals surface area contributed by atoms with Gasteiger partial charge in [-0.1, -0.05) is 12.1 Å². The van der Waals surface area contributed by atoms with Crippen LogP contribution in [0.25, 0.3) is 11.5 Å². The third kappa shape index (κ3) is 4.50. The average molecular weight is 385 g/mol. The van der Waals surface area contributed by atoms with Crippen LogP contribution >= 0.6 is 0 Å². The molecule has 3 aromatic rings. The molecule has 1 atom stereocenters. The Morgan fingerprint density at radius 2 is 1.86 bits per heavy atom. The predicted octanol–water partition coefficient (Wildman–Crippen LogP) is 2.66. The number of carbonyl (C=O) groups excluding carboxylic acids is 2. The van der Waals surface area contributed by atoms with E-state index in [1.165, 1.54) is 36.4 Å². The molecule has 0 aliphatic carbocycles. The van der Waals surface area contributed by atoms with Gasteiger partial charge in [0.1, 0.15) is 11.6 Å². The zero-order valence-electron chi connectivity index (χ0n) is 14.8. The zero-order valence-corrected chi connectivity index (χ0v) is 14.8. The third-order valence-electron chi connectivity index (χ3n) is 3.69. The molecule has 0 aliphatic heterocycles. The summed E-state index contributed by atoms with van der Waals surface area (Å²) in [4.78, 5) is 23.3. The Balaban J connectivity index is 1.59. The summed E-state index contributed by atoms with van der Waals surface area (Å²) in [5, 5.41) is 7.69. The Kier molecular flexibility index (Phi) is 5.64. The standard InChI is InChI=1S/C19H16FN3O5/c1-11(18-22-23-19(28-18)12-6-8-13(20)9-7-12)27-16(24)10-26-15-5-3-2-4-14(15)17(21)25/h2-9,11H,10H2,1H3,(H2,21,25)/t11-/m0/s1. The molecule has 0 bridgehead atoms. The quantitative estimate of drug-likeness (QED) is 0.621. The molecule has 9 heteroatoms. The number of para-hydroxylation sites is 1. The molecule has 1 amide bonds. The van der Waals surface area contributed by atoms with Gasteiger partial charge in [0, 0.05) is 5.56 Å². The Labute approximate surface area is 159 Å². The van der Waals surface area contributed by atoms with Crippen LogP contribution in [0, 0.1) is 5.82 Å². The summed E-state index contributed by atoms with van der Waals surface area (Å²) in [5.74, 6) is -1.33. The molecular formula is C19H16FN3O5. The maximum absolute atomic E-state index is 13.0. The number of halogens is 1. The smallest absolute Gasteiger partial charge is 0.344 e. The first-order valence-electron chi connectivity index (χ1n) is 8.24. The molecule has 1 heterocycles. The van der Waals surface area contributed by atoms with E-state index >= 15 is 0 Å². The van der Waals surface area contributed by atoms with Crippen molar-refractivity contribution in [1.29, 1.82) is 0 Å². The van der Waals surface area contributed by atoms with E-state index in [1.807, 2.05) is 0 Å². The Morgan fingerprint density at radius 3 is 2.57 bits per heavy atom. The molecule has 28 heavy (non-hydrogen) atoms. The Hall–Kier alpha value is -3.75. The lowest BCUT2D eigenvalue weighted by molar-refractivity contribution is -0.152. The Morgan fingerprint density at radius 1 is 1.14 bits per heavy atom. The molecule has 8 nitrogen and oxygen atoms in total. The molecule has 0 saturated carbocycles. The van der Waals surface area contributed by atoms with Crippen LogP contribution in [-0.2, 0) is 9.53 Å². The van der Waals surface area contributed by atoms with E-state index in [4.69, 9.17) is 19.6 Å². The van der Waals surface area contributed by atoms with Gasteiger partial charge in [-0.25, -0.2) is 9.18 Å². The molecule has 0 saturated heterocycles. The van der Waals surface area contributed by atoms with Crippen LogP contribution in [0.1, 0.15) is 29.3 Å². The number of carbonyl (C=O) groups is 2. The highest BCUT2D eigenvalue weighted by Crippen LogP contribution is 2.23. The van der Waals surface area contributed by atoms with E-state index in [0.29, 0.717) is 5.56 Å². The number of amides is 1. The van der Waals surface area contributed by atoms with Crippen LogP contribution in [0.4, 0.5) is 4.39 Å². The third-order valence-corrected chi connectivity index (χ3v) is 3.69. The summed E-state index contributed by atoms with van der Waals surface area (Å²) < 4.78 is 28.9. The van der Waals surface area contributed by atoms with Crippen molar-refractivity contribution in [1.82, 2.24) is 10.2 Å². The summed E-state index contributed by atoms with van der Waals surface area (Å²) in [6.07, 6.45) is -0.829. The maximum atomic E-state index is 13.0. The van der Waals surface area contributed by atoms with Crippen LogP contribution in [0.2, 0.25) is 0 Å². The Bertz CT molecular complexity index is 987. The van der Waals surface area contributed by atoms with E-state index in [0.717, 1.165) is 0 Å². The molecule has 2 aromatic carbocycles. The number of nitrogens with two attached hydrogens (primary N) is 1. The number of hydrogen-bond donors (Lipinski definition) is 1. The van der Waals surface area contributed by atoms with Crippen LogP contribution in [0.3, 0.4) is 0 Å². The van der Waals surface area contributed by atoms with E-state index in [-0.39, 0.29) is 28.9 Å². The largest absolute Gasteiger partial charge is 0.481 e. The minimum Gasteiger partial charge on any atom is -0.481 e. The second kappa shape index (κ2) is 8.30. The molecule has 0 radical (unpaired) electrons. The molecule has 0 fully saturated rings. The van der Waals surface area contributed by atoms with Crippen LogP contribution < -0.4 is 10.5 Å². The highest BCUT2D eigenvalue weighted by molar-refractivity contribution is 5.95. The number of benzene rings is 2. The van der Waals surface area contributed by atoms with Gasteiger partial charge in [-0.15, -0.1) is 10.2 Å². The number of ether oxygens (including phenoxy) is 2. The predicted molar refractivity (Wildman–Crippen MR) is 94.7 cm³/mol. The minimum atomic E-state index is -0.829. The minimum absolute atomic E-state index is 0.0743. The zero-order chi connectivity index (χ0) is 20.1. The molecule has 3 rings (SSSR count). The number of esters is 1. The number of aromatic nitrogens is 2. The van der Waals surface area contributed by atoms with Crippen LogP contribution in [0.15, 0.2) is 52.9 Å². The normalized spacial score (nSPS) is 11.6. The van der Waals surface area contributed by atoms with Crippen molar-refractivity contribution in [3.8, 4) is 17.2 Å². The van der Waals surface area contributed by atoms with Gasteiger partial charge in [0.15, 0.2) is 12.7 Å². The van der Waals surface area contributed by atoms with Gasteiger partial charge >= 0.3 is 5.97 Å². The van der Waals surface area contributed by atoms with E-state index in [2.05, 4.69) is 10.2 Å². The van der Waals surface area contributed by atoms with Gasteiger partial charge in [0.2, 0.25) is 5.89 Å². The van der Waals surface area contributed by atoms with Gasteiger partial charge in [-0.2, -0.15) is 0 Å². The first-order valence-corrected chi connectivity index (χ1v) is 8.24. The molecule has 1 aromatic heterocycles. The van der Waals surface area contributed by atoms with Gasteiger partial charge < -0.3 is 19.6 Å². The fraction of sp³-hybridized carbons (Fsp3) is 0.158. The lowest BCUT2D eigenvalue weighted by atomic mass is 10.2. The van der Waals surface area contributed by atoms with Crippen molar-refractivity contribution in [2.75, 3.05) is 6.61 Å². The SMILES string of the molecule is C[C@H](OC(=O)COc1ccccc1C(N)=O)c1nnc(-c2ccc(F)cc2)o1. The van der Waals surface area contributed by atoms with Crippen molar-refractivity contribution in [2.24, 2.45) is 5.73 Å². The number of rotatable bonds is 7.